The Morgan fingerprint density at radius 3 is 1.94 bits per heavy atom. The molecule has 0 saturated heterocycles. The fourth-order valence-corrected chi connectivity index (χ4v) is 4.47. The number of benzene rings is 1. The van der Waals surface area contributed by atoms with Crippen LogP contribution in [0.1, 0.15) is 69.8 Å². The highest BCUT2D eigenvalue weighted by molar-refractivity contribution is 5.34. The zero-order valence-corrected chi connectivity index (χ0v) is 17.1. The summed E-state index contributed by atoms with van der Waals surface area (Å²) in [5, 5.41) is 0. The molecule has 0 amide bonds. The molecule has 31 heavy (non-hydrogen) atoms. The highest BCUT2D eigenvalue weighted by atomic mass is 19.3. The summed E-state index contributed by atoms with van der Waals surface area (Å²) < 4.78 is 103. The fraction of sp³-hybridized carbons (Fsp3) is 0.636. The molecule has 0 bridgehead atoms. The van der Waals surface area contributed by atoms with Crippen molar-refractivity contribution in [3.05, 3.63) is 41.4 Å². The fourth-order valence-electron chi connectivity index (χ4n) is 4.47. The Balaban J connectivity index is 1.59. The highest BCUT2D eigenvalue weighted by Crippen LogP contribution is 2.43. The van der Waals surface area contributed by atoms with Crippen LogP contribution in [0, 0.1) is 23.5 Å². The van der Waals surface area contributed by atoms with Gasteiger partial charge in [-0.3, -0.25) is 0 Å². The zero-order valence-electron chi connectivity index (χ0n) is 17.1. The van der Waals surface area contributed by atoms with E-state index in [0.717, 1.165) is 25.0 Å². The van der Waals surface area contributed by atoms with Gasteiger partial charge in [-0.1, -0.05) is 19.8 Å². The van der Waals surface area contributed by atoms with Gasteiger partial charge in [0.05, 0.1) is 12.0 Å². The molecule has 2 aliphatic carbocycles. The normalized spacial score (nSPS) is 27.1. The minimum absolute atomic E-state index is 0.235. The molecule has 1 aromatic carbocycles. The highest BCUT2D eigenvalue weighted by Gasteiger charge is 2.44. The van der Waals surface area contributed by atoms with Crippen molar-refractivity contribution >= 4 is 0 Å². The maximum atomic E-state index is 14.5. The quantitative estimate of drug-likeness (QED) is 0.322. The van der Waals surface area contributed by atoms with Crippen LogP contribution < -0.4 is 4.74 Å². The van der Waals surface area contributed by atoms with Crippen LogP contribution in [0.4, 0.5) is 30.7 Å². The molecule has 0 unspecified atom stereocenters. The van der Waals surface area contributed by atoms with Crippen molar-refractivity contribution in [1.82, 2.24) is 0 Å². The number of ether oxygens (including phenoxy) is 2. The molecule has 0 heterocycles. The van der Waals surface area contributed by atoms with Gasteiger partial charge in [0.25, 0.3) is 0 Å². The minimum atomic E-state index is -3.20. The lowest BCUT2D eigenvalue weighted by molar-refractivity contribution is -0.301. The van der Waals surface area contributed by atoms with Gasteiger partial charge in [0, 0.05) is 0 Å². The van der Waals surface area contributed by atoms with Crippen LogP contribution in [0.2, 0.25) is 0 Å². The molecular formula is C22H25F7O2. The Morgan fingerprint density at radius 2 is 1.42 bits per heavy atom. The molecule has 0 radical (unpaired) electrons. The molecule has 2 nitrogen and oxygen atoms in total. The second-order valence-corrected chi connectivity index (χ2v) is 8.56. The van der Waals surface area contributed by atoms with E-state index in [1.807, 2.05) is 6.92 Å². The van der Waals surface area contributed by atoms with E-state index in [0.29, 0.717) is 44.4 Å². The average molecular weight is 454 g/mol. The van der Waals surface area contributed by atoms with Crippen molar-refractivity contribution in [3.8, 4) is 5.75 Å². The molecule has 0 spiro atoms. The molecule has 0 aliphatic heterocycles. The maximum Gasteiger partial charge on any atom is 0.358 e. The number of halogens is 7. The molecule has 2 saturated carbocycles. The standard InChI is InChI=1S/C22H25F7O2/c1-12-2-6-15(7-3-12)22(28,29)31-16-8-4-13(5-9-16)14-10-17(23)19(18(24)11-14)30-21(27)20(25)26/h10-13,15-16H,2-9H2,1H3. The second-order valence-electron chi connectivity index (χ2n) is 8.56. The van der Waals surface area contributed by atoms with Crippen LogP contribution in [-0.2, 0) is 4.74 Å². The first kappa shape index (κ1) is 23.9. The molecule has 1 aromatic rings. The molecule has 0 aromatic heterocycles. The van der Waals surface area contributed by atoms with Crippen molar-refractivity contribution in [2.45, 2.75) is 76.4 Å². The summed E-state index contributed by atoms with van der Waals surface area (Å²) >= 11 is 0. The molecule has 2 aliphatic rings. The lowest BCUT2D eigenvalue weighted by Gasteiger charge is -2.36. The van der Waals surface area contributed by atoms with E-state index in [2.05, 4.69) is 4.74 Å². The van der Waals surface area contributed by atoms with E-state index in [-0.39, 0.29) is 11.5 Å². The van der Waals surface area contributed by atoms with Crippen molar-refractivity contribution < 1.29 is 40.2 Å². The van der Waals surface area contributed by atoms with Crippen LogP contribution in [0.5, 0.6) is 5.75 Å². The van der Waals surface area contributed by atoms with Gasteiger partial charge in [0.1, 0.15) is 0 Å². The third kappa shape index (κ3) is 5.93. The van der Waals surface area contributed by atoms with E-state index in [1.54, 1.807) is 0 Å². The predicted octanol–water partition coefficient (Wildman–Crippen LogP) is 7.84. The minimum Gasteiger partial charge on any atom is -0.422 e. The molecule has 0 N–H and O–H groups in total. The van der Waals surface area contributed by atoms with Crippen LogP contribution >= 0.6 is 0 Å². The summed E-state index contributed by atoms with van der Waals surface area (Å²) in [6, 6.07) is -0.590. The molecule has 0 atom stereocenters. The van der Waals surface area contributed by atoms with Gasteiger partial charge in [-0.2, -0.15) is 22.0 Å². The lowest BCUT2D eigenvalue weighted by atomic mass is 9.81. The first-order valence-electron chi connectivity index (χ1n) is 10.5. The number of rotatable bonds is 6. The SMILES string of the molecule is CC1CCC(C(F)(F)OC2CCC(c3cc(F)c(OC(F)=C(F)F)c(F)c3)CC2)CC1. The van der Waals surface area contributed by atoms with E-state index in [1.165, 1.54) is 0 Å². The van der Waals surface area contributed by atoms with Gasteiger partial charge in [-0.05, 0) is 68.1 Å². The summed E-state index contributed by atoms with van der Waals surface area (Å²) in [4.78, 5) is 0. The smallest absolute Gasteiger partial charge is 0.358 e. The van der Waals surface area contributed by atoms with Crippen molar-refractivity contribution in [2.24, 2.45) is 11.8 Å². The van der Waals surface area contributed by atoms with E-state index in [9.17, 15) is 30.7 Å². The Morgan fingerprint density at radius 1 is 0.871 bits per heavy atom. The lowest BCUT2D eigenvalue weighted by Crippen LogP contribution is -2.38. The van der Waals surface area contributed by atoms with E-state index in [4.69, 9.17) is 4.74 Å². The van der Waals surface area contributed by atoms with Crippen molar-refractivity contribution in [1.29, 1.82) is 0 Å². The average Bonchev–Trinajstić information content (AvgIpc) is 2.71. The zero-order chi connectivity index (χ0) is 22.8. The van der Waals surface area contributed by atoms with Gasteiger partial charge in [-0.15, -0.1) is 0 Å². The summed E-state index contributed by atoms with van der Waals surface area (Å²) in [5.74, 6) is -4.55. The predicted molar refractivity (Wildman–Crippen MR) is 99.5 cm³/mol. The van der Waals surface area contributed by atoms with Crippen LogP contribution in [0.3, 0.4) is 0 Å². The molecular weight excluding hydrogens is 429 g/mol. The largest absolute Gasteiger partial charge is 0.422 e. The third-order valence-electron chi connectivity index (χ3n) is 6.32. The van der Waals surface area contributed by atoms with Gasteiger partial charge >= 0.3 is 18.2 Å². The van der Waals surface area contributed by atoms with Crippen LogP contribution in [0.25, 0.3) is 0 Å². The monoisotopic (exact) mass is 454 g/mol. The summed E-state index contributed by atoms with van der Waals surface area (Å²) in [7, 11) is 0. The first-order valence-corrected chi connectivity index (χ1v) is 10.5. The van der Waals surface area contributed by atoms with E-state index < -0.39 is 47.6 Å². The molecule has 174 valence electrons. The van der Waals surface area contributed by atoms with Crippen molar-refractivity contribution in [2.75, 3.05) is 0 Å². The summed E-state index contributed by atoms with van der Waals surface area (Å²) in [5.41, 5.74) is 0.235. The number of alkyl halides is 2. The topological polar surface area (TPSA) is 18.5 Å². The van der Waals surface area contributed by atoms with Crippen molar-refractivity contribution in [3.63, 3.8) is 0 Å². The Kier molecular flexibility index (Phi) is 7.55. The first-order chi connectivity index (χ1) is 14.6. The van der Waals surface area contributed by atoms with E-state index >= 15 is 0 Å². The van der Waals surface area contributed by atoms with Crippen LogP contribution in [0.15, 0.2) is 24.2 Å². The number of hydrogen-bond acceptors (Lipinski definition) is 2. The Bertz CT molecular complexity index is 768. The van der Waals surface area contributed by atoms with Gasteiger partial charge in [0.15, 0.2) is 11.6 Å². The van der Waals surface area contributed by atoms with Crippen LogP contribution in [-0.4, -0.2) is 12.2 Å². The van der Waals surface area contributed by atoms with Gasteiger partial charge < -0.3 is 9.47 Å². The molecule has 2 fully saturated rings. The summed E-state index contributed by atoms with van der Waals surface area (Å²) in [6.07, 6.45) is -2.96. The Hall–Kier alpha value is -1.77. The Labute approximate surface area is 176 Å². The van der Waals surface area contributed by atoms with Gasteiger partial charge in [-0.25, -0.2) is 8.78 Å². The number of hydrogen-bond donors (Lipinski definition) is 0. The molecule has 3 rings (SSSR count). The molecule has 9 heteroatoms. The third-order valence-corrected chi connectivity index (χ3v) is 6.32. The maximum absolute atomic E-state index is 14.5. The summed E-state index contributed by atoms with van der Waals surface area (Å²) in [6.45, 7) is 2.05. The van der Waals surface area contributed by atoms with Gasteiger partial charge in [0.2, 0.25) is 5.75 Å². The second kappa shape index (κ2) is 9.79.